The number of hydrogen-bond acceptors (Lipinski definition) is 6. The summed E-state index contributed by atoms with van der Waals surface area (Å²) in [6, 6.07) is 14.0. The number of phenols is 1. The van der Waals surface area contributed by atoms with Gasteiger partial charge in [-0.05, 0) is 75.5 Å². The predicted octanol–water partition coefficient (Wildman–Crippen LogP) is 3.59. The lowest BCUT2D eigenvalue weighted by atomic mass is 10.1. The van der Waals surface area contributed by atoms with Crippen LogP contribution in [0.4, 0.5) is 0 Å². The highest BCUT2D eigenvalue weighted by atomic mass is 32.2. The lowest BCUT2D eigenvalue weighted by Crippen LogP contribution is -2.38. The molecule has 8 nitrogen and oxygen atoms in total. The van der Waals surface area contributed by atoms with Gasteiger partial charge >= 0.3 is 0 Å². The highest BCUT2D eigenvalue weighted by Gasteiger charge is 2.25. The Labute approximate surface area is 227 Å². The molecule has 1 atom stereocenters. The minimum absolute atomic E-state index is 0.0401. The van der Waals surface area contributed by atoms with Crippen LogP contribution in [0.1, 0.15) is 55.5 Å². The molecule has 3 rings (SSSR count). The molecule has 0 spiro atoms. The average molecular weight is 544 g/mol. The number of phenolic OH excluding ortho intramolecular Hbond substituents is 1. The van der Waals surface area contributed by atoms with Gasteiger partial charge in [-0.2, -0.15) is 0 Å². The maximum Gasteiger partial charge on any atom is 0.257 e. The molecule has 2 aromatic carbocycles. The van der Waals surface area contributed by atoms with Crippen molar-refractivity contribution in [3.05, 3.63) is 59.7 Å². The zero-order valence-electron chi connectivity index (χ0n) is 22.8. The van der Waals surface area contributed by atoms with Crippen molar-refractivity contribution in [2.24, 2.45) is 0 Å². The molecular weight excluding hydrogens is 502 g/mol. The van der Waals surface area contributed by atoms with E-state index in [4.69, 9.17) is 0 Å². The second-order valence-corrected chi connectivity index (χ2v) is 12.2. The fourth-order valence-corrected chi connectivity index (χ4v) is 5.56. The fourth-order valence-electron chi connectivity index (χ4n) is 4.93. The smallest absolute Gasteiger partial charge is 0.257 e. The van der Waals surface area contributed by atoms with Crippen molar-refractivity contribution in [3.8, 4) is 5.75 Å². The van der Waals surface area contributed by atoms with Gasteiger partial charge in [-0.3, -0.25) is 9.59 Å². The summed E-state index contributed by atoms with van der Waals surface area (Å²) in [5, 5.41) is 10.0. The van der Waals surface area contributed by atoms with Gasteiger partial charge in [-0.25, -0.2) is 8.42 Å². The van der Waals surface area contributed by atoms with Gasteiger partial charge in [-0.1, -0.05) is 31.2 Å². The predicted molar refractivity (Wildman–Crippen MR) is 149 cm³/mol. The van der Waals surface area contributed by atoms with Crippen LogP contribution in [0.2, 0.25) is 0 Å². The first kappa shape index (κ1) is 29.6. The Bertz CT molecular complexity index is 1180. The molecule has 0 radical (unpaired) electrons. The molecule has 9 heteroatoms. The maximum atomic E-state index is 12.8. The maximum absolute atomic E-state index is 12.8. The van der Waals surface area contributed by atoms with Crippen LogP contribution in [-0.4, -0.2) is 91.6 Å². The summed E-state index contributed by atoms with van der Waals surface area (Å²) in [5.74, 6) is -0.219. The van der Waals surface area contributed by atoms with E-state index in [0.29, 0.717) is 37.1 Å². The standard InChI is InChI=1S/C29H41N3O5S/c1-4-16-30(23(2)22-24-11-13-25(14-12-24)38(3,36)37)17-7-8-18-31-20-21-32(19-15-28(31)34)29(35)26-9-5-6-10-27(26)33/h5-6,9-14,23,33H,4,7-8,15-22H2,1-3H3. The third-order valence-electron chi connectivity index (χ3n) is 7.15. The summed E-state index contributed by atoms with van der Waals surface area (Å²) in [7, 11) is -3.19. The molecule has 0 aliphatic carbocycles. The number of rotatable bonds is 12. The molecule has 1 unspecified atom stereocenters. The van der Waals surface area contributed by atoms with Gasteiger partial charge < -0.3 is 19.8 Å². The minimum Gasteiger partial charge on any atom is -0.507 e. The van der Waals surface area contributed by atoms with Gasteiger partial charge in [0.05, 0.1) is 10.5 Å². The van der Waals surface area contributed by atoms with E-state index >= 15 is 0 Å². The van der Waals surface area contributed by atoms with Crippen molar-refractivity contribution in [1.29, 1.82) is 0 Å². The third-order valence-corrected chi connectivity index (χ3v) is 8.28. The first-order chi connectivity index (χ1) is 18.1. The summed E-state index contributed by atoms with van der Waals surface area (Å²) < 4.78 is 23.4. The number of unbranched alkanes of at least 4 members (excludes halogenated alkanes) is 1. The van der Waals surface area contributed by atoms with E-state index in [-0.39, 0.29) is 29.5 Å². The number of nitrogens with zero attached hydrogens (tertiary/aromatic N) is 3. The Morgan fingerprint density at radius 2 is 1.74 bits per heavy atom. The topological polar surface area (TPSA) is 98.2 Å². The highest BCUT2D eigenvalue weighted by molar-refractivity contribution is 7.90. The molecule has 0 aromatic heterocycles. The summed E-state index contributed by atoms with van der Waals surface area (Å²) in [6.07, 6.45) is 5.24. The van der Waals surface area contributed by atoms with Gasteiger partial charge in [0.25, 0.3) is 5.91 Å². The van der Waals surface area contributed by atoms with Crippen LogP contribution in [0.15, 0.2) is 53.4 Å². The summed E-state index contributed by atoms with van der Waals surface area (Å²) in [4.78, 5) is 31.9. The van der Waals surface area contributed by atoms with Gasteiger partial charge in [-0.15, -0.1) is 0 Å². The lowest BCUT2D eigenvalue weighted by Gasteiger charge is -2.29. The molecule has 38 heavy (non-hydrogen) atoms. The quantitative estimate of drug-likeness (QED) is 0.411. The number of carbonyl (C=O) groups is 2. The average Bonchev–Trinajstić information content (AvgIpc) is 3.06. The second kappa shape index (κ2) is 13.8. The number of hydrogen-bond donors (Lipinski definition) is 1. The number of benzene rings is 2. The van der Waals surface area contributed by atoms with Gasteiger partial charge in [0.2, 0.25) is 5.91 Å². The lowest BCUT2D eigenvalue weighted by molar-refractivity contribution is -0.130. The van der Waals surface area contributed by atoms with E-state index in [0.717, 1.165) is 44.3 Å². The van der Waals surface area contributed by atoms with Gasteiger partial charge in [0, 0.05) is 44.9 Å². The zero-order chi connectivity index (χ0) is 27.7. The summed E-state index contributed by atoms with van der Waals surface area (Å²) in [5.41, 5.74) is 1.38. The van der Waals surface area contributed by atoms with Crippen LogP contribution in [0.3, 0.4) is 0 Å². The van der Waals surface area contributed by atoms with Crippen molar-refractivity contribution in [2.75, 3.05) is 45.5 Å². The van der Waals surface area contributed by atoms with Gasteiger partial charge in [0.1, 0.15) is 5.75 Å². The minimum atomic E-state index is -3.19. The van der Waals surface area contributed by atoms with Crippen molar-refractivity contribution in [2.45, 2.75) is 56.9 Å². The Morgan fingerprint density at radius 3 is 2.39 bits per heavy atom. The summed E-state index contributed by atoms with van der Waals surface area (Å²) in [6.45, 7) is 8.25. The van der Waals surface area contributed by atoms with Crippen LogP contribution >= 0.6 is 0 Å². The van der Waals surface area contributed by atoms with Gasteiger partial charge in [0.15, 0.2) is 9.84 Å². The highest BCUT2D eigenvalue weighted by Crippen LogP contribution is 2.19. The molecule has 1 fully saturated rings. The van der Waals surface area contributed by atoms with Crippen LogP contribution in [0.5, 0.6) is 5.75 Å². The Morgan fingerprint density at radius 1 is 1.03 bits per heavy atom. The second-order valence-electron chi connectivity index (χ2n) is 10.2. The Balaban J connectivity index is 1.47. The SMILES string of the molecule is CCCN(CCCCN1CCN(C(=O)c2ccccc2O)CCC1=O)C(C)Cc1ccc(S(C)(=O)=O)cc1. The fraction of sp³-hybridized carbons (Fsp3) is 0.517. The first-order valence-corrected chi connectivity index (χ1v) is 15.4. The normalized spacial score (nSPS) is 15.5. The molecule has 1 aliphatic heterocycles. The Hall–Kier alpha value is -2.91. The van der Waals surface area contributed by atoms with Crippen molar-refractivity contribution in [3.63, 3.8) is 0 Å². The molecule has 1 N–H and O–H groups in total. The molecule has 0 saturated carbocycles. The number of carbonyl (C=O) groups excluding carboxylic acids is 2. The Kier molecular flexibility index (Phi) is 10.7. The van der Waals surface area contributed by atoms with Crippen molar-refractivity contribution >= 4 is 21.7 Å². The van der Waals surface area contributed by atoms with E-state index in [1.165, 1.54) is 12.3 Å². The zero-order valence-corrected chi connectivity index (χ0v) is 23.6. The number of para-hydroxylation sites is 1. The van der Waals surface area contributed by atoms with Crippen LogP contribution in [-0.2, 0) is 21.1 Å². The van der Waals surface area contributed by atoms with Crippen molar-refractivity contribution in [1.82, 2.24) is 14.7 Å². The van der Waals surface area contributed by atoms with Crippen LogP contribution in [0, 0.1) is 0 Å². The molecule has 208 valence electrons. The van der Waals surface area contributed by atoms with E-state index in [1.54, 1.807) is 35.2 Å². The molecule has 1 aliphatic rings. The van der Waals surface area contributed by atoms with E-state index in [9.17, 15) is 23.1 Å². The monoisotopic (exact) mass is 543 g/mol. The van der Waals surface area contributed by atoms with E-state index in [1.807, 2.05) is 17.0 Å². The van der Waals surface area contributed by atoms with Crippen LogP contribution in [0.25, 0.3) is 0 Å². The van der Waals surface area contributed by atoms with Crippen LogP contribution < -0.4 is 0 Å². The molecular formula is C29H41N3O5S. The third kappa shape index (κ3) is 8.30. The first-order valence-electron chi connectivity index (χ1n) is 13.5. The molecule has 0 bridgehead atoms. The molecule has 2 aromatic rings. The van der Waals surface area contributed by atoms with Crippen molar-refractivity contribution < 1.29 is 23.1 Å². The molecule has 2 amide bonds. The van der Waals surface area contributed by atoms with E-state index in [2.05, 4.69) is 18.7 Å². The number of aromatic hydroxyl groups is 1. The summed E-state index contributed by atoms with van der Waals surface area (Å²) >= 11 is 0. The molecule has 1 heterocycles. The number of amides is 2. The number of sulfone groups is 1. The molecule has 1 saturated heterocycles. The van der Waals surface area contributed by atoms with E-state index < -0.39 is 9.84 Å². The largest absolute Gasteiger partial charge is 0.507 e.